The molecule has 0 fully saturated rings. The smallest absolute Gasteiger partial charge is 0.286 e. The van der Waals surface area contributed by atoms with E-state index in [-0.39, 0.29) is 16.6 Å². The van der Waals surface area contributed by atoms with Gasteiger partial charge in [0.1, 0.15) is 5.01 Å². The lowest BCUT2D eigenvalue weighted by molar-refractivity contribution is -0.384. The lowest BCUT2D eigenvalue weighted by Crippen LogP contribution is -2.17. The largest absolute Gasteiger partial charge is 0.320 e. The van der Waals surface area contributed by atoms with Crippen LogP contribution in [0.2, 0.25) is 5.02 Å². The molecule has 0 saturated carbocycles. The molecule has 0 saturated heterocycles. The number of nitro groups is 1. The van der Waals surface area contributed by atoms with Gasteiger partial charge in [0.25, 0.3) is 11.6 Å². The second-order valence-corrected chi connectivity index (χ2v) is 7.50. The molecule has 1 N–H and O–H groups in total. The molecule has 10 heteroatoms. The van der Waals surface area contributed by atoms with Crippen LogP contribution in [0.15, 0.2) is 48.5 Å². The fraction of sp³-hybridized carbons (Fsp3) is 0.167. The van der Waals surface area contributed by atoms with Crippen LogP contribution >= 0.6 is 22.9 Å². The highest BCUT2D eigenvalue weighted by Crippen LogP contribution is 2.24. The molecule has 0 spiro atoms. The van der Waals surface area contributed by atoms with Gasteiger partial charge in [-0.05, 0) is 30.8 Å². The number of carbonyl (C=O) groups excluding carboxylic acids is 1. The van der Waals surface area contributed by atoms with Crippen molar-refractivity contribution in [2.75, 3.05) is 12.4 Å². The van der Waals surface area contributed by atoms with Gasteiger partial charge in [-0.25, -0.2) is 0 Å². The van der Waals surface area contributed by atoms with Crippen LogP contribution in [0.1, 0.15) is 20.4 Å². The van der Waals surface area contributed by atoms with Crippen molar-refractivity contribution in [3.63, 3.8) is 0 Å². The van der Waals surface area contributed by atoms with Gasteiger partial charge in [-0.1, -0.05) is 41.1 Å². The molecule has 0 bridgehead atoms. The topological polar surface area (TPSA) is 101 Å². The highest BCUT2D eigenvalue weighted by molar-refractivity contribution is 7.13. The van der Waals surface area contributed by atoms with Crippen LogP contribution in [-0.2, 0) is 13.1 Å². The Balaban J connectivity index is 1.62. The summed E-state index contributed by atoms with van der Waals surface area (Å²) in [5.74, 6) is -0.320. The van der Waals surface area contributed by atoms with E-state index >= 15 is 0 Å². The molecule has 1 amide bonds. The number of para-hydroxylation sites is 1. The maximum Gasteiger partial charge on any atom is 0.286 e. The summed E-state index contributed by atoms with van der Waals surface area (Å²) >= 11 is 7.34. The SMILES string of the molecule is CN(Cc1nnc(C(=O)Nc2ccccc2)s1)Cc1cc([N+](=O)[O-])ccc1Cl. The van der Waals surface area contributed by atoms with Gasteiger partial charge in [-0.3, -0.25) is 19.8 Å². The zero-order chi connectivity index (χ0) is 20.1. The third-order valence-corrected chi connectivity index (χ3v) is 5.05. The van der Waals surface area contributed by atoms with E-state index in [1.807, 2.05) is 30.1 Å². The Hall–Kier alpha value is -2.88. The number of benzene rings is 2. The van der Waals surface area contributed by atoms with Crippen molar-refractivity contribution in [3.8, 4) is 0 Å². The molecule has 0 aliphatic rings. The Labute approximate surface area is 169 Å². The number of nitro benzene ring substituents is 1. The summed E-state index contributed by atoms with van der Waals surface area (Å²) < 4.78 is 0. The van der Waals surface area contributed by atoms with E-state index in [9.17, 15) is 14.9 Å². The number of carbonyl (C=O) groups is 1. The van der Waals surface area contributed by atoms with Crippen molar-refractivity contribution >= 4 is 40.2 Å². The minimum Gasteiger partial charge on any atom is -0.320 e. The van der Waals surface area contributed by atoms with Gasteiger partial charge in [-0.2, -0.15) is 0 Å². The summed E-state index contributed by atoms with van der Waals surface area (Å²) in [7, 11) is 1.83. The number of hydrogen-bond donors (Lipinski definition) is 1. The van der Waals surface area contributed by atoms with E-state index in [0.29, 0.717) is 34.4 Å². The Bertz CT molecular complexity index is 996. The molecular weight excluding hydrogens is 402 g/mol. The standard InChI is InChI=1S/C18H16ClN5O3S/c1-23(10-12-9-14(24(26)27)7-8-15(12)19)11-16-21-22-18(28-16)17(25)20-13-5-3-2-4-6-13/h2-9H,10-11H2,1H3,(H,20,25). The van der Waals surface area contributed by atoms with Crippen LogP contribution in [0.25, 0.3) is 0 Å². The summed E-state index contributed by atoms with van der Waals surface area (Å²) in [6.45, 7) is 0.820. The van der Waals surface area contributed by atoms with E-state index in [1.165, 1.54) is 29.5 Å². The number of halogens is 1. The minimum atomic E-state index is -0.456. The van der Waals surface area contributed by atoms with Gasteiger partial charge in [-0.15, -0.1) is 10.2 Å². The zero-order valence-corrected chi connectivity index (χ0v) is 16.4. The molecule has 0 aliphatic heterocycles. The third-order valence-electron chi connectivity index (χ3n) is 3.78. The van der Waals surface area contributed by atoms with Gasteiger partial charge in [0, 0.05) is 29.4 Å². The molecule has 28 heavy (non-hydrogen) atoms. The van der Waals surface area contributed by atoms with Crippen molar-refractivity contribution in [1.29, 1.82) is 0 Å². The van der Waals surface area contributed by atoms with Crippen molar-refractivity contribution < 1.29 is 9.72 Å². The second-order valence-electron chi connectivity index (χ2n) is 6.03. The van der Waals surface area contributed by atoms with Crippen LogP contribution in [0.4, 0.5) is 11.4 Å². The van der Waals surface area contributed by atoms with Crippen molar-refractivity contribution in [2.45, 2.75) is 13.1 Å². The van der Waals surface area contributed by atoms with Gasteiger partial charge in [0.15, 0.2) is 0 Å². The normalized spacial score (nSPS) is 10.8. The predicted octanol–water partition coefficient (Wildman–Crippen LogP) is 3.98. The number of nitrogens with zero attached hydrogens (tertiary/aromatic N) is 4. The Morgan fingerprint density at radius 3 is 2.68 bits per heavy atom. The molecule has 144 valence electrons. The first kappa shape index (κ1) is 19.9. The van der Waals surface area contributed by atoms with Crippen LogP contribution in [0.5, 0.6) is 0 Å². The van der Waals surface area contributed by atoms with Gasteiger partial charge < -0.3 is 5.32 Å². The number of rotatable bonds is 7. The quantitative estimate of drug-likeness (QED) is 0.460. The van der Waals surface area contributed by atoms with Crippen molar-refractivity contribution in [1.82, 2.24) is 15.1 Å². The van der Waals surface area contributed by atoms with Gasteiger partial charge in [0.05, 0.1) is 11.5 Å². The van der Waals surface area contributed by atoms with E-state index in [4.69, 9.17) is 11.6 Å². The van der Waals surface area contributed by atoms with E-state index < -0.39 is 4.92 Å². The summed E-state index contributed by atoms with van der Waals surface area (Å²) in [4.78, 5) is 24.6. The average molecular weight is 418 g/mol. The van der Waals surface area contributed by atoms with Gasteiger partial charge >= 0.3 is 0 Å². The molecule has 3 rings (SSSR count). The molecule has 0 radical (unpaired) electrons. The lowest BCUT2D eigenvalue weighted by atomic mass is 10.2. The number of amides is 1. The summed E-state index contributed by atoms with van der Waals surface area (Å²) in [5.41, 5.74) is 1.31. The molecule has 3 aromatic rings. The molecular formula is C18H16ClN5O3S. The van der Waals surface area contributed by atoms with E-state index in [2.05, 4.69) is 15.5 Å². The molecule has 1 heterocycles. The summed E-state index contributed by atoms with van der Waals surface area (Å²) in [6.07, 6.45) is 0. The Morgan fingerprint density at radius 2 is 1.96 bits per heavy atom. The Kier molecular flexibility index (Phi) is 6.30. The number of non-ortho nitro benzene ring substituents is 1. The Morgan fingerprint density at radius 1 is 1.21 bits per heavy atom. The fourth-order valence-electron chi connectivity index (χ4n) is 2.49. The first-order chi connectivity index (χ1) is 13.4. The molecule has 8 nitrogen and oxygen atoms in total. The lowest BCUT2D eigenvalue weighted by Gasteiger charge is -2.15. The zero-order valence-electron chi connectivity index (χ0n) is 14.8. The van der Waals surface area contributed by atoms with Crippen LogP contribution in [-0.4, -0.2) is 33.0 Å². The summed E-state index contributed by atoms with van der Waals surface area (Å²) in [5, 5.41) is 23.1. The van der Waals surface area contributed by atoms with Crippen LogP contribution < -0.4 is 5.32 Å². The third kappa shape index (κ3) is 5.10. The molecule has 0 aliphatic carbocycles. The predicted molar refractivity (Wildman–Crippen MR) is 108 cm³/mol. The number of nitrogens with one attached hydrogen (secondary N) is 1. The molecule has 0 atom stereocenters. The van der Waals surface area contributed by atoms with Crippen molar-refractivity contribution in [3.05, 3.63) is 79.2 Å². The maximum atomic E-state index is 12.3. The molecule has 1 aromatic heterocycles. The van der Waals surface area contributed by atoms with Gasteiger partial charge in [0.2, 0.25) is 5.01 Å². The molecule has 2 aromatic carbocycles. The maximum absolute atomic E-state index is 12.3. The minimum absolute atomic E-state index is 0.0106. The van der Waals surface area contributed by atoms with Crippen LogP contribution in [0.3, 0.4) is 0 Å². The fourth-order valence-corrected chi connectivity index (χ4v) is 3.48. The number of aromatic nitrogens is 2. The first-order valence-electron chi connectivity index (χ1n) is 8.22. The highest BCUT2D eigenvalue weighted by Gasteiger charge is 2.16. The monoisotopic (exact) mass is 417 g/mol. The molecule has 0 unspecified atom stereocenters. The van der Waals surface area contributed by atoms with Crippen LogP contribution in [0, 0.1) is 10.1 Å². The first-order valence-corrected chi connectivity index (χ1v) is 9.42. The number of anilines is 1. The average Bonchev–Trinajstić information content (AvgIpc) is 3.12. The van der Waals surface area contributed by atoms with E-state index in [0.717, 1.165) is 0 Å². The highest BCUT2D eigenvalue weighted by atomic mass is 35.5. The second kappa shape index (κ2) is 8.87. The number of hydrogen-bond acceptors (Lipinski definition) is 7. The summed E-state index contributed by atoms with van der Waals surface area (Å²) in [6, 6.07) is 13.4. The van der Waals surface area contributed by atoms with Crippen molar-refractivity contribution in [2.24, 2.45) is 0 Å². The van der Waals surface area contributed by atoms with E-state index in [1.54, 1.807) is 12.1 Å².